The second kappa shape index (κ2) is 12.7. The minimum absolute atomic E-state index is 0.132. The molecule has 0 fully saturated rings. The van der Waals surface area contributed by atoms with Crippen LogP contribution in [0.15, 0.2) is 77.7 Å². The number of nitrogens with two attached hydrogens (primary N) is 2. The molecule has 4 N–H and O–H groups in total. The number of carbonyl (C=O) groups excluding carboxylic acids is 2. The number of hydrogen-bond acceptors (Lipinski definition) is 7. The largest absolute Gasteiger partial charge is 0.443 e. The van der Waals surface area contributed by atoms with Crippen molar-refractivity contribution in [2.75, 3.05) is 4.90 Å². The zero-order valence-electron chi connectivity index (χ0n) is 23.0. The molecule has 39 heavy (non-hydrogen) atoms. The van der Waals surface area contributed by atoms with Gasteiger partial charge in [0, 0.05) is 18.2 Å². The summed E-state index contributed by atoms with van der Waals surface area (Å²) in [5.74, 6) is -0.135. The molecular formula is C30H39N3O5S. The monoisotopic (exact) mass is 553 g/mol. The van der Waals surface area contributed by atoms with Gasteiger partial charge in [-0.15, -0.1) is 0 Å². The van der Waals surface area contributed by atoms with Crippen molar-refractivity contribution in [3.8, 4) is 0 Å². The first-order valence-corrected chi connectivity index (χ1v) is 14.7. The first kappa shape index (κ1) is 30.3. The van der Waals surface area contributed by atoms with Crippen molar-refractivity contribution < 1.29 is 22.7 Å². The number of Topliss-reactive ketones (excluding diaryl/α,β-unsaturated/α-hetero) is 1. The van der Waals surface area contributed by atoms with Crippen LogP contribution in [0.4, 0.5) is 10.5 Å². The molecule has 0 spiro atoms. The first-order chi connectivity index (χ1) is 18.3. The van der Waals surface area contributed by atoms with Crippen LogP contribution in [0.1, 0.15) is 53.4 Å². The van der Waals surface area contributed by atoms with Gasteiger partial charge in [-0.2, -0.15) is 0 Å². The summed E-state index contributed by atoms with van der Waals surface area (Å²) in [6.45, 7) is 7.03. The molecule has 0 saturated heterocycles. The lowest BCUT2D eigenvalue weighted by atomic mass is 10.0. The van der Waals surface area contributed by atoms with Crippen molar-refractivity contribution in [2.24, 2.45) is 11.5 Å². The molecule has 210 valence electrons. The molecule has 0 saturated carbocycles. The number of amides is 1. The van der Waals surface area contributed by atoms with Crippen LogP contribution in [0, 0.1) is 0 Å². The van der Waals surface area contributed by atoms with Gasteiger partial charge < -0.3 is 16.2 Å². The van der Waals surface area contributed by atoms with Gasteiger partial charge in [-0.25, -0.2) is 13.2 Å². The van der Waals surface area contributed by atoms with Crippen molar-refractivity contribution in [1.82, 2.24) is 0 Å². The smallest absolute Gasteiger partial charge is 0.415 e. The predicted octanol–water partition coefficient (Wildman–Crippen LogP) is 5.19. The highest BCUT2D eigenvalue weighted by molar-refractivity contribution is 7.92. The topological polar surface area (TPSA) is 133 Å². The Hall–Kier alpha value is -3.27. The Morgan fingerprint density at radius 3 is 2.15 bits per heavy atom. The van der Waals surface area contributed by atoms with Gasteiger partial charge in [0.1, 0.15) is 11.0 Å². The van der Waals surface area contributed by atoms with Crippen LogP contribution in [0.3, 0.4) is 0 Å². The standard InChI is InChI=1S/C30H39N3O5S/c1-21(27(34)17-11-10-16-26(31)28(32)39(36,37)25-14-6-5-7-15-25)33(29(35)38-30(2,3)4)24-19-18-22-12-8-9-13-23(22)20-24/h5-9,12-15,18-21,26,28H,10-11,16-17,31-32H2,1-4H3/t21-,26?,28?/m0/s1. The summed E-state index contributed by atoms with van der Waals surface area (Å²) in [6.07, 6.45) is 0.934. The van der Waals surface area contributed by atoms with E-state index in [2.05, 4.69) is 0 Å². The van der Waals surface area contributed by atoms with E-state index in [-0.39, 0.29) is 17.1 Å². The lowest BCUT2D eigenvalue weighted by molar-refractivity contribution is -0.120. The summed E-state index contributed by atoms with van der Waals surface area (Å²) in [5, 5.41) is 0.720. The summed E-state index contributed by atoms with van der Waals surface area (Å²) < 4.78 is 31.1. The minimum atomic E-state index is -3.76. The number of anilines is 1. The van der Waals surface area contributed by atoms with Crippen molar-refractivity contribution >= 4 is 38.2 Å². The van der Waals surface area contributed by atoms with E-state index >= 15 is 0 Å². The number of carbonyl (C=O) groups is 2. The number of sulfone groups is 1. The van der Waals surface area contributed by atoms with Crippen molar-refractivity contribution in [2.45, 2.75) is 81.3 Å². The second-order valence-corrected chi connectivity index (χ2v) is 12.9. The van der Waals surface area contributed by atoms with Crippen LogP contribution in [-0.2, 0) is 19.4 Å². The normalized spacial score (nSPS) is 14.4. The minimum Gasteiger partial charge on any atom is -0.443 e. The fraction of sp³-hybridized carbons (Fsp3) is 0.400. The van der Waals surface area contributed by atoms with E-state index < -0.39 is 39.0 Å². The average molecular weight is 554 g/mol. The molecule has 0 aliphatic rings. The highest BCUT2D eigenvalue weighted by Gasteiger charge is 2.32. The lowest BCUT2D eigenvalue weighted by Crippen LogP contribution is -2.47. The Morgan fingerprint density at radius 1 is 0.897 bits per heavy atom. The van der Waals surface area contributed by atoms with Gasteiger partial charge in [-0.3, -0.25) is 9.69 Å². The molecule has 2 unspecified atom stereocenters. The molecule has 1 amide bonds. The zero-order valence-corrected chi connectivity index (χ0v) is 23.9. The van der Waals surface area contributed by atoms with Crippen LogP contribution in [-0.4, -0.2) is 43.4 Å². The summed E-state index contributed by atoms with van der Waals surface area (Å²) in [4.78, 5) is 28.0. The number of benzene rings is 3. The quantitative estimate of drug-likeness (QED) is 0.312. The molecule has 8 nitrogen and oxygen atoms in total. The van der Waals surface area contributed by atoms with Gasteiger partial charge in [0.2, 0.25) is 0 Å². The third-order valence-electron chi connectivity index (χ3n) is 6.52. The maximum Gasteiger partial charge on any atom is 0.415 e. The van der Waals surface area contributed by atoms with E-state index in [4.69, 9.17) is 16.2 Å². The van der Waals surface area contributed by atoms with Crippen LogP contribution < -0.4 is 16.4 Å². The molecular weight excluding hydrogens is 514 g/mol. The number of hydrogen-bond donors (Lipinski definition) is 2. The van der Waals surface area contributed by atoms with E-state index in [1.807, 2.05) is 42.5 Å². The van der Waals surface area contributed by atoms with Gasteiger partial charge in [-0.05, 0) is 75.6 Å². The van der Waals surface area contributed by atoms with Crippen molar-refractivity contribution in [3.05, 3.63) is 72.8 Å². The molecule has 9 heteroatoms. The highest BCUT2D eigenvalue weighted by atomic mass is 32.2. The number of rotatable bonds is 11. The van der Waals surface area contributed by atoms with Crippen LogP contribution in [0.2, 0.25) is 0 Å². The molecule has 0 aliphatic heterocycles. The molecule has 0 heterocycles. The third kappa shape index (κ3) is 7.88. The number of unbranched alkanes of at least 4 members (excludes halogenated alkanes) is 1. The molecule has 3 atom stereocenters. The maximum absolute atomic E-state index is 13.2. The van der Waals surface area contributed by atoms with Crippen LogP contribution in [0.25, 0.3) is 10.8 Å². The molecule has 0 radical (unpaired) electrons. The lowest BCUT2D eigenvalue weighted by Gasteiger charge is -2.31. The summed E-state index contributed by atoms with van der Waals surface area (Å²) in [5.41, 5.74) is 12.0. The SMILES string of the molecule is C[C@@H](C(=O)CCCCC(N)C(N)S(=O)(=O)c1ccccc1)N(C(=O)OC(C)(C)C)c1ccc2ccccc2c1. The maximum atomic E-state index is 13.2. The Kier molecular flexibility index (Phi) is 9.88. The van der Waals surface area contributed by atoms with Gasteiger partial charge in [-0.1, -0.05) is 55.0 Å². The fourth-order valence-corrected chi connectivity index (χ4v) is 5.77. The molecule has 3 rings (SSSR count). The molecule has 3 aromatic carbocycles. The van der Waals surface area contributed by atoms with Crippen molar-refractivity contribution in [1.29, 1.82) is 0 Å². The molecule has 0 bridgehead atoms. The summed E-state index contributed by atoms with van der Waals surface area (Å²) >= 11 is 0. The number of ether oxygens (including phenoxy) is 1. The first-order valence-electron chi connectivity index (χ1n) is 13.1. The van der Waals surface area contributed by atoms with Gasteiger partial charge in [0.25, 0.3) is 0 Å². The Balaban J connectivity index is 1.65. The van der Waals surface area contributed by atoms with Crippen LogP contribution in [0.5, 0.6) is 0 Å². The summed E-state index contributed by atoms with van der Waals surface area (Å²) in [7, 11) is -3.76. The number of fused-ring (bicyclic) bond motifs is 1. The third-order valence-corrected chi connectivity index (χ3v) is 8.51. The fourth-order valence-electron chi connectivity index (χ4n) is 4.32. The number of ketones is 1. The zero-order chi connectivity index (χ0) is 28.8. The van der Waals surface area contributed by atoms with E-state index in [0.717, 1.165) is 10.8 Å². The van der Waals surface area contributed by atoms with Gasteiger partial charge in [0.15, 0.2) is 15.6 Å². The highest BCUT2D eigenvalue weighted by Crippen LogP contribution is 2.27. The van der Waals surface area contributed by atoms with Crippen molar-refractivity contribution in [3.63, 3.8) is 0 Å². The molecule has 0 aliphatic carbocycles. The second-order valence-electron chi connectivity index (χ2n) is 10.8. The van der Waals surface area contributed by atoms with E-state index in [0.29, 0.717) is 24.9 Å². The predicted molar refractivity (Wildman–Crippen MR) is 155 cm³/mol. The molecule has 3 aromatic rings. The number of nitrogens with zero attached hydrogens (tertiary/aromatic N) is 1. The van der Waals surface area contributed by atoms with Gasteiger partial charge in [0.05, 0.1) is 10.9 Å². The van der Waals surface area contributed by atoms with Gasteiger partial charge >= 0.3 is 6.09 Å². The van der Waals surface area contributed by atoms with E-state index in [9.17, 15) is 18.0 Å². The van der Waals surface area contributed by atoms with Crippen LogP contribution >= 0.6 is 0 Å². The van der Waals surface area contributed by atoms with E-state index in [1.165, 1.54) is 17.0 Å². The Labute approximate surface area is 231 Å². The average Bonchev–Trinajstić information content (AvgIpc) is 2.89. The molecule has 0 aromatic heterocycles. The Bertz CT molecular complexity index is 1390. The summed E-state index contributed by atoms with van der Waals surface area (Å²) in [6, 6.07) is 19.8. The Morgan fingerprint density at radius 2 is 1.51 bits per heavy atom. The van der Waals surface area contributed by atoms with E-state index in [1.54, 1.807) is 45.9 Å².